The fourth-order valence-corrected chi connectivity index (χ4v) is 5.21. The number of nitrogens with two attached hydrogens (primary N) is 1. The van der Waals surface area contributed by atoms with Crippen molar-refractivity contribution in [2.24, 2.45) is 5.92 Å². The summed E-state index contributed by atoms with van der Waals surface area (Å²) in [6.45, 7) is 1.26. The number of likely N-dealkylation sites (tertiary alicyclic amines) is 1. The highest BCUT2D eigenvalue weighted by Gasteiger charge is 2.52. The van der Waals surface area contributed by atoms with Crippen molar-refractivity contribution in [1.29, 1.82) is 0 Å². The average molecular weight is 256 g/mol. The number of hydrogen-bond acceptors (Lipinski definition) is 2. The van der Waals surface area contributed by atoms with Crippen LogP contribution < -0.4 is 5.73 Å². The number of anilines is 1. The lowest BCUT2D eigenvalue weighted by Gasteiger charge is -2.58. The van der Waals surface area contributed by atoms with Gasteiger partial charge in [-0.05, 0) is 68.5 Å². The summed E-state index contributed by atoms with van der Waals surface area (Å²) in [6, 6.07) is 7.46. The summed E-state index contributed by atoms with van der Waals surface area (Å²) in [4.78, 5) is 2.62. The molecule has 19 heavy (non-hydrogen) atoms. The zero-order valence-electron chi connectivity index (χ0n) is 11.9. The quantitative estimate of drug-likeness (QED) is 0.723. The molecule has 1 aliphatic heterocycles. The van der Waals surface area contributed by atoms with Crippen LogP contribution in [0.25, 0.3) is 0 Å². The average Bonchev–Trinajstić information content (AvgIpc) is 2.43. The summed E-state index contributed by atoms with van der Waals surface area (Å²) in [5.74, 6) is 0.870. The largest absolute Gasteiger partial charge is 0.399 e. The van der Waals surface area contributed by atoms with Gasteiger partial charge in [-0.1, -0.05) is 18.9 Å². The standard InChI is InChI=1S/C17H24N2/c1-19-9-8-17-7-3-2-4-14(17)16(19)10-12-5-6-13(18)11-15(12)17/h5-6,11,14,16H,2-4,7-10,18H2,1H3/t14-,16+,17+/m0/s1. The first-order chi connectivity index (χ1) is 9.21. The molecular formula is C17H24N2. The minimum Gasteiger partial charge on any atom is -0.399 e. The topological polar surface area (TPSA) is 29.3 Å². The second-order valence-corrected chi connectivity index (χ2v) is 6.93. The van der Waals surface area contributed by atoms with Gasteiger partial charge in [0.05, 0.1) is 0 Å². The Bertz CT molecular complexity index is 510. The van der Waals surface area contributed by atoms with Crippen molar-refractivity contribution in [3.8, 4) is 0 Å². The van der Waals surface area contributed by atoms with E-state index in [-0.39, 0.29) is 0 Å². The van der Waals surface area contributed by atoms with Crippen LogP contribution in [-0.2, 0) is 11.8 Å². The number of likely N-dealkylation sites (N-methyl/N-ethyl adjacent to an activating group) is 1. The number of fused-ring (bicyclic) bond motifs is 1. The molecule has 2 bridgehead atoms. The molecule has 3 atom stereocenters. The molecule has 2 heteroatoms. The molecule has 4 rings (SSSR count). The van der Waals surface area contributed by atoms with Crippen molar-refractivity contribution < 1.29 is 0 Å². The third kappa shape index (κ3) is 1.53. The van der Waals surface area contributed by atoms with Crippen LogP contribution in [0.3, 0.4) is 0 Å². The van der Waals surface area contributed by atoms with Gasteiger partial charge in [0.1, 0.15) is 0 Å². The predicted molar refractivity (Wildman–Crippen MR) is 79.2 cm³/mol. The van der Waals surface area contributed by atoms with E-state index in [0.717, 1.165) is 17.6 Å². The number of nitrogen functional groups attached to an aromatic ring is 1. The Balaban J connectivity index is 1.90. The van der Waals surface area contributed by atoms with Crippen LogP contribution in [0.15, 0.2) is 18.2 Å². The van der Waals surface area contributed by atoms with Gasteiger partial charge in [0.25, 0.3) is 0 Å². The molecule has 2 fully saturated rings. The van der Waals surface area contributed by atoms with E-state index in [0.29, 0.717) is 5.41 Å². The van der Waals surface area contributed by atoms with Crippen molar-refractivity contribution in [3.63, 3.8) is 0 Å². The molecule has 1 aromatic carbocycles. The minimum absolute atomic E-state index is 0.457. The molecule has 2 nitrogen and oxygen atoms in total. The lowest BCUT2D eigenvalue weighted by Crippen LogP contribution is -2.59. The Labute approximate surface area is 116 Å². The van der Waals surface area contributed by atoms with Gasteiger partial charge in [-0.3, -0.25) is 0 Å². The number of nitrogens with zero attached hydrogens (tertiary/aromatic N) is 1. The van der Waals surface area contributed by atoms with Crippen LogP contribution in [0.1, 0.15) is 43.2 Å². The normalized spacial score (nSPS) is 37.5. The molecule has 102 valence electrons. The molecule has 0 aromatic heterocycles. The van der Waals surface area contributed by atoms with E-state index in [1.165, 1.54) is 45.1 Å². The van der Waals surface area contributed by atoms with Crippen LogP contribution in [0.5, 0.6) is 0 Å². The molecular weight excluding hydrogens is 232 g/mol. The van der Waals surface area contributed by atoms with Crippen LogP contribution in [0, 0.1) is 5.92 Å². The SMILES string of the molecule is CN1CC[C@]23CCCC[C@H]2[C@H]1Cc1ccc(N)cc13. The molecule has 0 unspecified atom stereocenters. The smallest absolute Gasteiger partial charge is 0.0317 e. The zero-order valence-corrected chi connectivity index (χ0v) is 11.9. The van der Waals surface area contributed by atoms with Crippen molar-refractivity contribution >= 4 is 5.69 Å². The van der Waals surface area contributed by atoms with E-state index < -0.39 is 0 Å². The highest BCUT2D eigenvalue weighted by molar-refractivity contribution is 5.51. The van der Waals surface area contributed by atoms with Crippen LogP contribution in [0.2, 0.25) is 0 Å². The number of hydrogen-bond donors (Lipinski definition) is 1. The molecule has 1 saturated heterocycles. The summed E-state index contributed by atoms with van der Waals surface area (Å²) in [5, 5.41) is 0. The Morgan fingerprint density at radius 1 is 1.26 bits per heavy atom. The molecule has 3 aliphatic rings. The van der Waals surface area contributed by atoms with Gasteiger partial charge in [-0.15, -0.1) is 0 Å². The van der Waals surface area contributed by atoms with Gasteiger partial charge < -0.3 is 10.6 Å². The Morgan fingerprint density at radius 3 is 3.05 bits per heavy atom. The maximum Gasteiger partial charge on any atom is 0.0317 e. The molecule has 2 N–H and O–H groups in total. The van der Waals surface area contributed by atoms with Crippen molar-refractivity contribution in [1.82, 2.24) is 4.90 Å². The first-order valence-electron chi connectivity index (χ1n) is 7.80. The molecule has 2 aliphatic carbocycles. The maximum atomic E-state index is 6.09. The van der Waals surface area contributed by atoms with Gasteiger partial charge in [0.2, 0.25) is 0 Å². The van der Waals surface area contributed by atoms with Gasteiger partial charge in [-0.25, -0.2) is 0 Å². The summed E-state index contributed by atoms with van der Waals surface area (Å²) in [6.07, 6.45) is 8.21. The second kappa shape index (κ2) is 3.99. The van der Waals surface area contributed by atoms with Gasteiger partial charge in [-0.2, -0.15) is 0 Å². The minimum atomic E-state index is 0.457. The summed E-state index contributed by atoms with van der Waals surface area (Å²) in [7, 11) is 2.32. The van der Waals surface area contributed by atoms with Gasteiger partial charge >= 0.3 is 0 Å². The zero-order chi connectivity index (χ0) is 13.0. The van der Waals surface area contributed by atoms with E-state index in [4.69, 9.17) is 5.73 Å². The van der Waals surface area contributed by atoms with Crippen molar-refractivity contribution in [2.45, 2.75) is 50.0 Å². The Morgan fingerprint density at radius 2 is 2.16 bits per heavy atom. The predicted octanol–water partition coefficient (Wildman–Crippen LogP) is 2.96. The fourth-order valence-electron chi connectivity index (χ4n) is 5.21. The molecule has 1 aromatic rings. The van der Waals surface area contributed by atoms with Crippen molar-refractivity contribution in [2.75, 3.05) is 19.3 Å². The first-order valence-corrected chi connectivity index (χ1v) is 7.80. The highest BCUT2D eigenvalue weighted by Crippen LogP contribution is 2.55. The Kier molecular flexibility index (Phi) is 2.47. The van der Waals surface area contributed by atoms with E-state index in [9.17, 15) is 0 Å². The van der Waals surface area contributed by atoms with Crippen molar-refractivity contribution in [3.05, 3.63) is 29.3 Å². The lowest BCUT2D eigenvalue weighted by atomic mass is 9.52. The second-order valence-electron chi connectivity index (χ2n) is 6.93. The van der Waals surface area contributed by atoms with E-state index in [1.54, 1.807) is 11.1 Å². The summed E-state index contributed by atoms with van der Waals surface area (Å²) >= 11 is 0. The van der Waals surface area contributed by atoms with Crippen LogP contribution in [0.4, 0.5) is 5.69 Å². The number of rotatable bonds is 0. The van der Waals surface area contributed by atoms with Gasteiger partial charge in [0, 0.05) is 17.1 Å². The number of piperidine rings is 1. The Hall–Kier alpha value is -1.02. The molecule has 1 saturated carbocycles. The monoisotopic (exact) mass is 256 g/mol. The van der Waals surface area contributed by atoms with E-state index in [2.05, 4.69) is 30.1 Å². The number of benzene rings is 1. The first kappa shape index (κ1) is 11.8. The summed E-state index contributed by atoms with van der Waals surface area (Å²) in [5.41, 5.74) is 10.7. The third-order valence-corrected chi connectivity index (χ3v) is 6.14. The van der Waals surface area contributed by atoms with Gasteiger partial charge in [0.15, 0.2) is 0 Å². The van der Waals surface area contributed by atoms with Crippen LogP contribution in [-0.4, -0.2) is 24.5 Å². The van der Waals surface area contributed by atoms with Crippen LogP contribution >= 0.6 is 0 Å². The molecule has 0 amide bonds. The molecule has 1 heterocycles. The maximum absolute atomic E-state index is 6.09. The fraction of sp³-hybridized carbons (Fsp3) is 0.647. The van der Waals surface area contributed by atoms with E-state index >= 15 is 0 Å². The molecule has 0 spiro atoms. The highest BCUT2D eigenvalue weighted by atomic mass is 15.1. The van der Waals surface area contributed by atoms with E-state index in [1.807, 2.05) is 0 Å². The molecule has 0 radical (unpaired) electrons. The summed E-state index contributed by atoms with van der Waals surface area (Å²) < 4.78 is 0. The third-order valence-electron chi connectivity index (χ3n) is 6.14. The lowest BCUT2D eigenvalue weighted by molar-refractivity contribution is 0.00291.